The average Bonchev–Trinajstić information content (AvgIpc) is 2.47. The molecule has 112 valence electrons. The van der Waals surface area contributed by atoms with E-state index in [1.807, 2.05) is 13.0 Å². The highest BCUT2D eigenvalue weighted by Crippen LogP contribution is 2.19. The van der Waals surface area contributed by atoms with Gasteiger partial charge in [0.1, 0.15) is 11.6 Å². The fraction of sp³-hybridized carbons (Fsp3) is 0.294. The van der Waals surface area contributed by atoms with Crippen LogP contribution in [0.25, 0.3) is 0 Å². The molecule has 2 aromatic rings. The molecule has 0 spiro atoms. The molecule has 0 heterocycles. The summed E-state index contributed by atoms with van der Waals surface area (Å²) in [6.45, 7) is 3.77. The fourth-order valence-corrected chi connectivity index (χ4v) is 2.14. The molecule has 2 nitrogen and oxygen atoms in total. The van der Waals surface area contributed by atoms with E-state index in [2.05, 4.69) is 5.32 Å². The molecule has 2 rings (SSSR count). The predicted molar refractivity (Wildman–Crippen MR) is 78.9 cm³/mol. The number of aryl methyl sites for hydroxylation is 1. The minimum absolute atomic E-state index is 0.137. The molecule has 0 saturated heterocycles. The molecule has 0 aliphatic rings. The van der Waals surface area contributed by atoms with Crippen LogP contribution in [-0.2, 0) is 0 Å². The van der Waals surface area contributed by atoms with Crippen LogP contribution in [0.5, 0.6) is 0 Å². The molecule has 2 unspecified atom stereocenters. The third kappa shape index (κ3) is 3.86. The Bertz CT molecular complexity index is 615. The first kappa shape index (κ1) is 15.6. The Kier molecular flexibility index (Phi) is 5.04. The first-order valence-electron chi connectivity index (χ1n) is 6.91. The first-order chi connectivity index (χ1) is 9.99. The molecule has 4 heteroatoms. The lowest BCUT2D eigenvalue weighted by Gasteiger charge is -2.18. The van der Waals surface area contributed by atoms with Crippen LogP contribution in [0.4, 0.5) is 8.78 Å². The van der Waals surface area contributed by atoms with Gasteiger partial charge in [-0.15, -0.1) is 0 Å². The van der Waals surface area contributed by atoms with Crippen LogP contribution in [0.2, 0.25) is 0 Å². The molecule has 0 aliphatic carbocycles. The van der Waals surface area contributed by atoms with E-state index < -0.39 is 11.9 Å². The van der Waals surface area contributed by atoms with Crippen LogP contribution in [0.1, 0.15) is 35.8 Å². The average molecular weight is 291 g/mol. The zero-order chi connectivity index (χ0) is 15.4. The second-order valence-electron chi connectivity index (χ2n) is 5.18. The number of hydrogen-bond donors (Lipinski definition) is 2. The Hall–Kier alpha value is -1.78. The van der Waals surface area contributed by atoms with Crippen LogP contribution < -0.4 is 5.32 Å². The molecule has 2 atom stereocenters. The van der Waals surface area contributed by atoms with Crippen molar-refractivity contribution >= 4 is 0 Å². The summed E-state index contributed by atoms with van der Waals surface area (Å²) in [6.07, 6.45) is -0.941. The molecule has 0 radical (unpaired) electrons. The molecule has 0 bridgehead atoms. The maximum Gasteiger partial charge on any atom is 0.129 e. The Morgan fingerprint density at radius 2 is 1.81 bits per heavy atom. The molecule has 0 aromatic heterocycles. The van der Waals surface area contributed by atoms with Crippen LogP contribution in [0, 0.1) is 18.6 Å². The van der Waals surface area contributed by atoms with Gasteiger partial charge in [0.25, 0.3) is 0 Å². The minimum Gasteiger partial charge on any atom is -0.387 e. The molecule has 2 aromatic carbocycles. The van der Waals surface area contributed by atoms with E-state index in [0.29, 0.717) is 5.56 Å². The van der Waals surface area contributed by atoms with Gasteiger partial charge in [0.15, 0.2) is 0 Å². The molecule has 0 aliphatic heterocycles. The third-order valence-electron chi connectivity index (χ3n) is 3.58. The third-order valence-corrected chi connectivity index (χ3v) is 3.58. The summed E-state index contributed by atoms with van der Waals surface area (Å²) < 4.78 is 27.1. The topological polar surface area (TPSA) is 32.3 Å². The quantitative estimate of drug-likeness (QED) is 0.881. The van der Waals surface area contributed by atoms with Gasteiger partial charge >= 0.3 is 0 Å². The monoisotopic (exact) mass is 291 g/mol. The van der Waals surface area contributed by atoms with E-state index in [4.69, 9.17) is 0 Å². The van der Waals surface area contributed by atoms with Gasteiger partial charge in [0.05, 0.1) is 6.10 Å². The summed E-state index contributed by atoms with van der Waals surface area (Å²) in [5.41, 5.74) is 1.64. The summed E-state index contributed by atoms with van der Waals surface area (Å²) in [6, 6.07) is 11.0. The van der Waals surface area contributed by atoms with Gasteiger partial charge in [-0.3, -0.25) is 0 Å². The van der Waals surface area contributed by atoms with E-state index in [1.165, 1.54) is 12.1 Å². The number of aliphatic hydroxyl groups is 1. The van der Waals surface area contributed by atoms with E-state index in [0.717, 1.165) is 5.56 Å². The fourth-order valence-electron chi connectivity index (χ4n) is 2.14. The van der Waals surface area contributed by atoms with Crippen LogP contribution in [-0.4, -0.2) is 11.7 Å². The van der Waals surface area contributed by atoms with E-state index in [9.17, 15) is 13.9 Å². The van der Waals surface area contributed by atoms with Crippen LogP contribution >= 0.6 is 0 Å². The van der Waals surface area contributed by atoms with Gasteiger partial charge in [-0.25, -0.2) is 8.78 Å². The van der Waals surface area contributed by atoms with Crippen molar-refractivity contribution in [2.45, 2.75) is 26.0 Å². The van der Waals surface area contributed by atoms with Gasteiger partial charge < -0.3 is 10.4 Å². The largest absolute Gasteiger partial charge is 0.387 e. The second-order valence-corrected chi connectivity index (χ2v) is 5.18. The number of halogens is 2. The number of nitrogens with one attached hydrogen (secondary N) is 1. The highest BCUT2D eigenvalue weighted by atomic mass is 19.1. The summed E-state index contributed by atoms with van der Waals surface area (Å²) in [7, 11) is 0. The molecule has 2 N–H and O–H groups in total. The predicted octanol–water partition coefficient (Wildman–Crippen LogP) is 3.66. The number of benzene rings is 2. The number of hydrogen-bond acceptors (Lipinski definition) is 2. The molecule has 0 fully saturated rings. The maximum atomic E-state index is 13.5. The molecular formula is C17H19F2NO. The first-order valence-corrected chi connectivity index (χ1v) is 6.91. The Labute approximate surface area is 123 Å². The van der Waals surface area contributed by atoms with E-state index in [-0.39, 0.29) is 24.0 Å². The Morgan fingerprint density at radius 1 is 1.10 bits per heavy atom. The molecular weight excluding hydrogens is 272 g/mol. The lowest BCUT2D eigenvalue weighted by atomic mass is 10.0. The van der Waals surface area contributed by atoms with Crippen molar-refractivity contribution in [1.29, 1.82) is 0 Å². The summed E-state index contributed by atoms with van der Waals surface area (Å²) in [5.74, 6) is -0.684. The number of rotatable bonds is 5. The van der Waals surface area contributed by atoms with Crippen molar-refractivity contribution in [3.8, 4) is 0 Å². The van der Waals surface area contributed by atoms with Gasteiger partial charge in [-0.1, -0.05) is 30.3 Å². The zero-order valence-corrected chi connectivity index (χ0v) is 12.1. The molecule has 0 amide bonds. The van der Waals surface area contributed by atoms with Crippen molar-refractivity contribution in [2.24, 2.45) is 0 Å². The minimum atomic E-state index is -0.941. The molecule has 0 saturated carbocycles. The van der Waals surface area contributed by atoms with Gasteiger partial charge in [0, 0.05) is 18.2 Å². The summed E-state index contributed by atoms with van der Waals surface area (Å²) in [5, 5.41) is 13.1. The van der Waals surface area contributed by atoms with Crippen LogP contribution in [0.3, 0.4) is 0 Å². The van der Waals surface area contributed by atoms with Gasteiger partial charge in [-0.05, 0) is 37.1 Å². The van der Waals surface area contributed by atoms with Crippen LogP contribution in [0.15, 0.2) is 42.5 Å². The van der Waals surface area contributed by atoms with Gasteiger partial charge in [-0.2, -0.15) is 0 Å². The van der Waals surface area contributed by atoms with E-state index in [1.54, 1.807) is 31.2 Å². The standard InChI is InChI=1S/C17H19F2NO/c1-11-7-8-13(9-16(11)19)12(2)20-10-17(21)14-5-3-4-6-15(14)18/h3-9,12,17,20-21H,10H2,1-2H3. The Balaban J connectivity index is 1.99. The van der Waals surface area contributed by atoms with Crippen molar-refractivity contribution in [3.05, 3.63) is 70.8 Å². The summed E-state index contributed by atoms with van der Waals surface area (Å²) in [4.78, 5) is 0. The normalized spacial score (nSPS) is 14.0. The highest BCUT2D eigenvalue weighted by molar-refractivity contribution is 5.25. The van der Waals surface area contributed by atoms with E-state index >= 15 is 0 Å². The van der Waals surface area contributed by atoms with Crippen molar-refractivity contribution in [2.75, 3.05) is 6.54 Å². The highest BCUT2D eigenvalue weighted by Gasteiger charge is 2.14. The smallest absolute Gasteiger partial charge is 0.129 e. The molecule has 21 heavy (non-hydrogen) atoms. The summed E-state index contributed by atoms with van der Waals surface area (Å²) >= 11 is 0. The second kappa shape index (κ2) is 6.78. The lowest BCUT2D eigenvalue weighted by molar-refractivity contribution is 0.166. The van der Waals surface area contributed by atoms with Gasteiger partial charge in [0.2, 0.25) is 0 Å². The van der Waals surface area contributed by atoms with Crippen molar-refractivity contribution in [3.63, 3.8) is 0 Å². The lowest BCUT2D eigenvalue weighted by Crippen LogP contribution is -2.25. The SMILES string of the molecule is Cc1ccc(C(C)NCC(O)c2ccccc2F)cc1F. The maximum absolute atomic E-state index is 13.5. The van der Waals surface area contributed by atoms with Crippen molar-refractivity contribution in [1.82, 2.24) is 5.32 Å². The van der Waals surface area contributed by atoms with Crippen molar-refractivity contribution < 1.29 is 13.9 Å². The zero-order valence-electron chi connectivity index (χ0n) is 12.1. The number of aliphatic hydroxyl groups excluding tert-OH is 1. The Morgan fingerprint density at radius 3 is 2.48 bits per heavy atom.